The standard InChI is InChI=1S/C18H19BrN2O4S/c19-15-5-1-3-14(13-15)4-2-10-20-26(23,24)17-8-6-16(7-9-17)21-11-12-25-18(21)22/h1,3,5-9,13,20H,2,4,10-12H2. The van der Waals surface area contributed by atoms with Gasteiger partial charge in [0.05, 0.1) is 11.4 Å². The molecule has 2 aromatic rings. The topological polar surface area (TPSA) is 75.7 Å². The van der Waals surface area contributed by atoms with Gasteiger partial charge in [0.25, 0.3) is 0 Å². The number of carbonyl (C=O) groups excluding carboxylic acids is 1. The zero-order chi connectivity index (χ0) is 18.6. The average molecular weight is 439 g/mol. The van der Waals surface area contributed by atoms with E-state index in [9.17, 15) is 13.2 Å². The SMILES string of the molecule is O=C1OCCN1c1ccc(S(=O)(=O)NCCCc2cccc(Br)c2)cc1. The number of cyclic esters (lactones) is 1. The summed E-state index contributed by atoms with van der Waals surface area (Å²) in [5.41, 5.74) is 1.78. The molecule has 1 N–H and O–H groups in total. The van der Waals surface area contributed by atoms with Crippen molar-refractivity contribution in [2.24, 2.45) is 0 Å². The van der Waals surface area contributed by atoms with Crippen molar-refractivity contribution in [2.75, 3.05) is 24.6 Å². The predicted molar refractivity (Wildman–Crippen MR) is 103 cm³/mol. The van der Waals surface area contributed by atoms with Crippen LogP contribution in [0.2, 0.25) is 0 Å². The van der Waals surface area contributed by atoms with Crippen molar-refractivity contribution in [2.45, 2.75) is 17.7 Å². The molecule has 0 saturated carbocycles. The Morgan fingerprint density at radius 3 is 2.58 bits per heavy atom. The van der Waals surface area contributed by atoms with E-state index in [0.717, 1.165) is 16.5 Å². The second-order valence-corrected chi connectivity index (χ2v) is 8.57. The Morgan fingerprint density at radius 2 is 1.92 bits per heavy atom. The fourth-order valence-electron chi connectivity index (χ4n) is 2.71. The maximum absolute atomic E-state index is 12.4. The first-order valence-corrected chi connectivity index (χ1v) is 10.5. The second kappa shape index (κ2) is 8.20. The molecule has 8 heteroatoms. The normalized spacial score (nSPS) is 14.5. The molecule has 1 aliphatic heterocycles. The summed E-state index contributed by atoms with van der Waals surface area (Å²) in [7, 11) is -3.57. The van der Waals surface area contributed by atoms with Gasteiger partial charge in [-0.1, -0.05) is 28.1 Å². The van der Waals surface area contributed by atoms with Crippen LogP contribution in [0.25, 0.3) is 0 Å². The molecule has 0 spiro atoms. The summed E-state index contributed by atoms with van der Waals surface area (Å²) in [6.07, 6.45) is 1.08. The van der Waals surface area contributed by atoms with Gasteiger partial charge in [-0.25, -0.2) is 17.9 Å². The molecule has 26 heavy (non-hydrogen) atoms. The van der Waals surface area contributed by atoms with Gasteiger partial charge in [-0.05, 0) is 54.8 Å². The lowest BCUT2D eigenvalue weighted by Gasteiger charge is -2.13. The van der Waals surface area contributed by atoms with Crippen molar-refractivity contribution in [1.29, 1.82) is 0 Å². The third-order valence-electron chi connectivity index (χ3n) is 4.04. The largest absolute Gasteiger partial charge is 0.447 e. The van der Waals surface area contributed by atoms with Crippen molar-refractivity contribution in [1.82, 2.24) is 4.72 Å². The summed E-state index contributed by atoms with van der Waals surface area (Å²) in [5.74, 6) is 0. The Morgan fingerprint density at radius 1 is 1.15 bits per heavy atom. The summed E-state index contributed by atoms with van der Waals surface area (Å²) in [5, 5.41) is 0. The number of halogens is 1. The monoisotopic (exact) mass is 438 g/mol. The van der Waals surface area contributed by atoms with Crippen molar-refractivity contribution in [3.8, 4) is 0 Å². The summed E-state index contributed by atoms with van der Waals surface area (Å²) in [6.45, 7) is 1.17. The minimum Gasteiger partial charge on any atom is -0.447 e. The van der Waals surface area contributed by atoms with Gasteiger partial charge in [0.1, 0.15) is 6.61 Å². The molecule has 1 aliphatic rings. The number of benzene rings is 2. The molecule has 0 aromatic heterocycles. The number of amides is 1. The molecule has 138 valence electrons. The van der Waals surface area contributed by atoms with E-state index in [1.54, 1.807) is 12.1 Å². The first-order valence-electron chi connectivity index (χ1n) is 8.24. The average Bonchev–Trinajstić information content (AvgIpc) is 3.05. The highest BCUT2D eigenvalue weighted by molar-refractivity contribution is 9.10. The first kappa shape index (κ1) is 18.9. The van der Waals surface area contributed by atoms with E-state index in [4.69, 9.17) is 4.74 Å². The van der Waals surface area contributed by atoms with Gasteiger partial charge in [0.2, 0.25) is 10.0 Å². The Labute approximate surface area is 161 Å². The van der Waals surface area contributed by atoms with E-state index in [1.807, 2.05) is 24.3 Å². The van der Waals surface area contributed by atoms with E-state index in [2.05, 4.69) is 20.7 Å². The lowest BCUT2D eigenvalue weighted by atomic mass is 10.1. The lowest BCUT2D eigenvalue weighted by Crippen LogP contribution is -2.26. The van der Waals surface area contributed by atoms with Crippen LogP contribution >= 0.6 is 15.9 Å². The van der Waals surface area contributed by atoms with Gasteiger partial charge >= 0.3 is 6.09 Å². The van der Waals surface area contributed by atoms with Gasteiger partial charge < -0.3 is 4.74 Å². The fourth-order valence-corrected chi connectivity index (χ4v) is 4.23. The van der Waals surface area contributed by atoms with Gasteiger partial charge in [-0.2, -0.15) is 0 Å². The van der Waals surface area contributed by atoms with Crippen LogP contribution in [-0.4, -0.2) is 34.2 Å². The molecule has 0 unspecified atom stereocenters. The van der Waals surface area contributed by atoms with E-state index in [-0.39, 0.29) is 4.90 Å². The van der Waals surface area contributed by atoms with Gasteiger partial charge in [0.15, 0.2) is 0 Å². The van der Waals surface area contributed by atoms with Crippen LogP contribution in [0.5, 0.6) is 0 Å². The highest BCUT2D eigenvalue weighted by Crippen LogP contribution is 2.21. The molecule has 6 nitrogen and oxygen atoms in total. The van der Waals surface area contributed by atoms with Crippen LogP contribution in [-0.2, 0) is 21.2 Å². The molecule has 1 saturated heterocycles. The Bertz CT molecular complexity index is 884. The Balaban J connectivity index is 1.55. The maximum atomic E-state index is 12.4. The molecule has 0 aliphatic carbocycles. The van der Waals surface area contributed by atoms with Crippen LogP contribution in [0, 0.1) is 0 Å². The molecular formula is C18H19BrN2O4S. The zero-order valence-electron chi connectivity index (χ0n) is 14.0. The fraction of sp³-hybridized carbons (Fsp3) is 0.278. The molecule has 1 amide bonds. The Hall–Kier alpha value is -1.90. The number of hydrogen-bond donors (Lipinski definition) is 1. The maximum Gasteiger partial charge on any atom is 0.414 e. The van der Waals surface area contributed by atoms with Gasteiger partial charge in [0, 0.05) is 16.7 Å². The number of carbonyl (C=O) groups is 1. The molecule has 1 fully saturated rings. The quantitative estimate of drug-likeness (QED) is 0.672. The number of hydrogen-bond acceptors (Lipinski definition) is 4. The minimum absolute atomic E-state index is 0.177. The summed E-state index contributed by atoms with van der Waals surface area (Å²) >= 11 is 3.42. The number of nitrogens with zero attached hydrogens (tertiary/aromatic N) is 1. The smallest absolute Gasteiger partial charge is 0.414 e. The number of nitrogens with one attached hydrogen (secondary N) is 1. The molecule has 0 radical (unpaired) electrons. The second-order valence-electron chi connectivity index (χ2n) is 5.89. The number of sulfonamides is 1. The van der Waals surface area contributed by atoms with Crippen LogP contribution in [0.4, 0.5) is 10.5 Å². The third kappa shape index (κ3) is 4.63. The van der Waals surface area contributed by atoms with Crippen molar-refractivity contribution in [3.63, 3.8) is 0 Å². The molecular weight excluding hydrogens is 420 g/mol. The number of anilines is 1. The summed E-state index contributed by atoms with van der Waals surface area (Å²) in [4.78, 5) is 13.2. The molecule has 0 atom stereocenters. The molecule has 1 heterocycles. The molecule has 0 bridgehead atoms. The van der Waals surface area contributed by atoms with Crippen LogP contribution in [0.3, 0.4) is 0 Å². The van der Waals surface area contributed by atoms with E-state index in [1.165, 1.54) is 17.0 Å². The molecule has 3 rings (SSSR count). The minimum atomic E-state index is -3.57. The van der Waals surface area contributed by atoms with Crippen LogP contribution < -0.4 is 9.62 Å². The number of aryl methyl sites for hydroxylation is 1. The summed E-state index contributed by atoms with van der Waals surface area (Å²) in [6, 6.07) is 14.2. The highest BCUT2D eigenvalue weighted by Gasteiger charge is 2.24. The Kier molecular flexibility index (Phi) is 5.95. The summed E-state index contributed by atoms with van der Waals surface area (Å²) < 4.78 is 33.2. The van der Waals surface area contributed by atoms with Crippen molar-refractivity contribution >= 4 is 37.7 Å². The molecule has 2 aromatic carbocycles. The van der Waals surface area contributed by atoms with E-state index in [0.29, 0.717) is 31.8 Å². The first-order chi connectivity index (χ1) is 12.5. The van der Waals surface area contributed by atoms with Crippen molar-refractivity contribution < 1.29 is 17.9 Å². The van der Waals surface area contributed by atoms with Crippen molar-refractivity contribution in [3.05, 3.63) is 58.6 Å². The van der Waals surface area contributed by atoms with Crippen LogP contribution in [0.1, 0.15) is 12.0 Å². The van der Waals surface area contributed by atoms with E-state index >= 15 is 0 Å². The van der Waals surface area contributed by atoms with Gasteiger partial charge in [-0.15, -0.1) is 0 Å². The van der Waals surface area contributed by atoms with Gasteiger partial charge in [-0.3, -0.25) is 4.90 Å². The number of ether oxygens (including phenoxy) is 1. The van der Waals surface area contributed by atoms with Crippen LogP contribution in [0.15, 0.2) is 57.9 Å². The zero-order valence-corrected chi connectivity index (χ0v) is 16.4. The third-order valence-corrected chi connectivity index (χ3v) is 6.01. The van der Waals surface area contributed by atoms with E-state index < -0.39 is 16.1 Å². The number of rotatable bonds is 7. The predicted octanol–water partition coefficient (Wildman–Crippen LogP) is 3.32. The highest BCUT2D eigenvalue weighted by atomic mass is 79.9. The lowest BCUT2D eigenvalue weighted by molar-refractivity contribution is 0.181.